The molecule has 1 aliphatic rings. The molecule has 1 aromatic carbocycles. The summed E-state index contributed by atoms with van der Waals surface area (Å²) in [4.78, 5) is 0. The third-order valence-corrected chi connectivity index (χ3v) is 3.34. The van der Waals surface area contributed by atoms with Crippen LogP contribution in [0, 0.1) is 11.8 Å². The fourth-order valence-electron chi connectivity index (χ4n) is 1.96. The first kappa shape index (κ1) is 11.2. The molecule has 16 heavy (non-hydrogen) atoms. The Kier molecular flexibility index (Phi) is 3.64. The van der Waals surface area contributed by atoms with Gasteiger partial charge in [-0.05, 0) is 36.8 Å². The first-order valence-electron chi connectivity index (χ1n) is 6.17. The molecule has 0 aromatic heterocycles. The number of benzene rings is 1. The second-order valence-corrected chi connectivity index (χ2v) is 4.50. The van der Waals surface area contributed by atoms with Gasteiger partial charge in [-0.15, -0.1) is 0 Å². The molecule has 84 valence electrons. The predicted octanol–water partition coefficient (Wildman–Crippen LogP) is 3.04. The lowest BCUT2D eigenvalue weighted by molar-refractivity contribution is 0.419. The van der Waals surface area contributed by atoms with Crippen LogP contribution in [0.3, 0.4) is 0 Å². The van der Waals surface area contributed by atoms with Gasteiger partial charge in [-0.2, -0.15) is 0 Å². The lowest BCUT2D eigenvalue weighted by atomic mass is 9.78. The van der Waals surface area contributed by atoms with Gasteiger partial charge in [0, 0.05) is 5.56 Å². The summed E-state index contributed by atoms with van der Waals surface area (Å²) in [6, 6.07) is 8.51. The fraction of sp³-hybridized carbons (Fsp3) is 0.467. The Bertz CT molecular complexity index is 407. The third-order valence-electron chi connectivity index (χ3n) is 3.34. The first-order valence-corrected chi connectivity index (χ1v) is 6.17. The Hall–Kier alpha value is -1.26. The van der Waals surface area contributed by atoms with E-state index in [0.29, 0.717) is 0 Å². The predicted molar refractivity (Wildman–Crippen MR) is 68.2 cm³/mol. The van der Waals surface area contributed by atoms with Gasteiger partial charge in [-0.1, -0.05) is 43.4 Å². The van der Waals surface area contributed by atoms with Gasteiger partial charge in [0.2, 0.25) is 0 Å². The molecule has 1 nitrogen and oxygen atoms in total. The van der Waals surface area contributed by atoms with E-state index in [1.165, 1.54) is 30.4 Å². The van der Waals surface area contributed by atoms with Crippen molar-refractivity contribution in [3.05, 3.63) is 35.4 Å². The van der Waals surface area contributed by atoms with E-state index in [1.807, 2.05) is 0 Å². The summed E-state index contributed by atoms with van der Waals surface area (Å²) >= 11 is 0. The third kappa shape index (κ3) is 2.46. The van der Waals surface area contributed by atoms with Crippen molar-refractivity contribution in [3.8, 4) is 11.8 Å². The Morgan fingerprint density at radius 2 is 2.12 bits per heavy atom. The molecule has 1 unspecified atom stereocenters. The minimum atomic E-state index is 0.00875. The molecule has 0 saturated heterocycles. The van der Waals surface area contributed by atoms with Gasteiger partial charge in [0.05, 0.1) is 6.04 Å². The molecule has 0 amide bonds. The average molecular weight is 213 g/mol. The maximum absolute atomic E-state index is 5.82. The van der Waals surface area contributed by atoms with Gasteiger partial charge in [0.1, 0.15) is 0 Å². The molecule has 1 aromatic rings. The van der Waals surface area contributed by atoms with Crippen LogP contribution >= 0.6 is 0 Å². The van der Waals surface area contributed by atoms with Crippen LogP contribution in [-0.4, -0.2) is 6.04 Å². The fourth-order valence-corrected chi connectivity index (χ4v) is 1.96. The van der Waals surface area contributed by atoms with Crippen molar-refractivity contribution in [2.45, 2.75) is 44.6 Å². The highest BCUT2D eigenvalue weighted by Crippen LogP contribution is 2.37. The molecule has 1 heteroatoms. The first-order chi connectivity index (χ1) is 7.81. The maximum Gasteiger partial charge on any atom is 0.0665 e. The zero-order valence-corrected chi connectivity index (χ0v) is 9.87. The lowest BCUT2D eigenvalue weighted by Gasteiger charge is -2.26. The van der Waals surface area contributed by atoms with E-state index in [4.69, 9.17) is 5.73 Å². The molecule has 2 rings (SSSR count). The molecule has 1 fully saturated rings. The minimum Gasteiger partial charge on any atom is -0.318 e. The van der Waals surface area contributed by atoms with Gasteiger partial charge in [0.15, 0.2) is 0 Å². The average Bonchev–Trinajstić information content (AvgIpc) is 2.25. The quantitative estimate of drug-likeness (QED) is 0.751. The molecule has 0 radical (unpaired) electrons. The summed E-state index contributed by atoms with van der Waals surface area (Å²) in [7, 11) is 0. The van der Waals surface area contributed by atoms with E-state index in [0.717, 1.165) is 12.3 Å². The highest BCUT2D eigenvalue weighted by molar-refractivity contribution is 5.44. The zero-order chi connectivity index (χ0) is 11.4. The number of rotatable bonds is 2. The molecule has 0 spiro atoms. The summed E-state index contributed by atoms with van der Waals surface area (Å²) in [6.07, 6.45) is 4.91. The van der Waals surface area contributed by atoms with Crippen molar-refractivity contribution in [1.29, 1.82) is 0 Å². The molecule has 0 bridgehead atoms. The van der Waals surface area contributed by atoms with Crippen LogP contribution in [0.1, 0.15) is 49.7 Å². The van der Waals surface area contributed by atoms with E-state index in [1.54, 1.807) is 0 Å². The van der Waals surface area contributed by atoms with Crippen molar-refractivity contribution < 1.29 is 0 Å². The Morgan fingerprint density at radius 1 is 1.38 bits per heavy atom. The topological polar surface area (TPSA) is 26.0 Å². The van der Waals surface area contributed by atoms with Gasteiger partial charge < -0.3 is 5.73 Å². The summed E-state index contributed by atoms with van der Waals surface area (Å²) in [5, 5.41) is 0. The van der Waals surface area contributed by atoms with Crippen LogP contribution in [0.15, 0.2) is 24.3 Å². The van der Waals surface area contributed by atoms with Crippen LogP contribution in [0.4, 0.5) is 0 Å². The molecule has 1 aliphatic carbocycles. The smallest absolute Gasteiger partial charge is 0.0665 e. The molecule has 0 heterocycles. The second kappa shape index (κ2) is 5.18. The van der Waals surface area contributed by atoms with Crippen molar-refractivity contribution in [2.75, 3.05) is 0 Å². The molecular weight excluding hydrogens is 194 g/mol. The molecule has 0 aliphatic heterocycles. The van der Waals surface area contributed by atoms with Gasteiger partial charge in [-0.3, -0.25) is 0 Å². The minimum absolute atomic E-state index is 0.00875. The van der Waals surface area contributed by atoms with Crippen LogP contribution < -0.4 is 5.73 Å². The molecule has 1 saturated carbocycles. The highest BCUT2D eigenvalue weighted by atomic mass is 14.6. The summed E-state index contributed by atoms with van der Waals surface area (Å²) in [5.41, 5.74) is 8.42. The summed E-state index contributed by atoms with van der Waals surface area (Å²) < 4.78 is 0. The molecular formula is C15H19N. The summed E-state index contributed by atoms with van der Waals surface area (Å²) in [5.74, 6) is 7.10. The van der Waals surface area contributed by atoms with E-state index in [9.17, 15) is 0 Å². The Morgan fingerprint density at radius 3 is 2.75 bits per heavy atom. The van der Waals surface area contributed by atoms with Crippen molar-refractivity contribution in [2.24, 2.45) is 5.73 Å². The Labute approximate surface area is 98.0 Å². The number of hydrogen-bond donors (Lipinski definition) is 1. The van der Waals surface area contributed by atoms with E-state index in [2.05, 4.69) is 43.0 Å². The lowest BCUT2D eigenvalue weighted by Crippen LogP contribution is -2.15. The largest absolute Gasteiger partial charge is 0.318 e. The van der Waals surface area contributed by atoms with Crippen LogP contribution in [0.2, 0.25) is 0 Å². The van der Waals surface area contributed by atoms with Gasteiger partial charge >= 0.3 is 0 Å². The van der Waals surface area contributed by atoms with Gasteiger partial charge in [-0.25, -0.2) is 0 Å². The van der Waals surface area contributed by atoms with Crippen LogP contribution in [0.5, 0.6) is 0 Å². The maximum atomic E-state index is 5.82. The molecule has 2 N–H and O–H groups in total. The van der Waals surface area contributed by atoms with Crippen molar-refractivity contribution in [3.63, 3.8) is 0 Å². The highest BCUT2D eigenvalue weighted by Gasteiger charge is 2.21. The van der Waals surface area contributed by atoms with E-state index in [-0.39, 0.29) is 6.04 Å². The SMILES string of the molecule is CCC(N)C#Cc1ccccc1C1CCC1. The van der Waals surface area contributed by atoms with Crippen molar-refractivity contribution >= 4 is 0 Å². The Balaban J connectivity index is 2.21. The standard InChI is InChI=1S/C15H19N/c1-2-14(16)11-10-13-6-3-4-9-15(13)12-7-5-8-12/h3-4,6,9,12,14H,2,5,7-8,16H2,1H3. The van der Waals surface area contributed by atoms with Crippen LogP contribution in [-0.2, 0) is 0 Å². The summed E-state index contributed by atoms with van der Waals surface area (Å²) in [6.45, 7) is 2.07. The number of nitrogens with two attached hydrogens (primary N) is 1. The van der Waals surface area contributed by atoms with Crippen LogP contribution in [0.25, 0.3) is 0 Å². The van der Waals surface area contributed by atoms with Gasteiger partial charge in [0.25, 0.3) is 0 Å². The van der Waals surface area contributed by atoms with E-state index >= 15 is 0 Å². The van der Waals surface area contributed by atoms with E-state index < -0.39 is 0 Å². The molecule has 1 atom stereocenters. The van der Waals surface area contributed by atoms with Crippen molar-refractivity contribution in [1.82, 2.24) is 0 Å². The second-order valence-electron chi connectivity index (χ2n) is 4.50. The number of hydrogen-bond acceptors (Lipinski definition) is 1. The zero-order valence-electron chi connectivity index (χ0n) is 9.87. The monoisotopic (exact) mass is 213 g/mol. The normalized spacial score (nSPS) is 17.1.